The van der Waals surface area contributed by atoms with E-state index in [-0.39, 0.29) is 29.7 Å². The van der Waals surface area contributed by atoms with Crippen LogP contribution in [-0.2, 0) is 32.1 Å². The van der Waals surface area contributed by atoms with E-state index in [4.69, 9.17) is 4.74 Å². The van der Waals surface area contributed by atoms with Crippen molar-refractivity contribution in [1.82, 2.24) is 15.5 Å². The van der Waals surface area contributed by atoms with Gasteiger partial charge in [-0.25, -0.2) is 0 Å². The third-order valence-electron chi connectivity index (χ3n) is 9.81. The second-order valence-corrected chi connectivity index (χ2v) is 14.9. The van der Waals surface area contributed by atoms with Gasteiger partial charge in [-0.2, -0.15) is 0 Å². The number of amides is 3. The minimum atomic E-state index is -1.16. The molecule has 3 amide bonds. The molecular formula is C36H49N3O5. The SMILES string of the molecule is CC[C@]12CCC3(O1)C(C(=O)NC(C)(C)CC(C)(C)C)N([C@@H](CO)Cc1ccccc1)C(=O)[C@@H]3[C@H]2C(=O)NCc1ccccc1. The predicted molar refractivity (Wildman–Crippen MR) is 169 cm³/mol. The number of rotatable bonds is 11. The van der Waals surface area contributed by atoms with Crippen LogP contribution in [-0.4, -0.2) is 63.2 Å². The van der Waals surface area contributed by atoms with Gasteiger partial charge in [0, 0.05) is 12.1 Å². The highest BCUT2D eigenvalue weighted by Gasteiger charge is 2.79. The van der Waals surface area contributed by atoms with Gasteiger partial charge >= 0.3 is 0 Å². The summed E-state index contributed by atoms with van der Waals surface area (Å²) in [6.45, 7) is 12.4. The normalized spacial score (nSPS) is 28.6. The summed E-state index contributed by atoms with van der Waals surface area (Å²) < 4.78 is 6.94. The average molecular weight is 604 g/mol. The Labute approximate surface area is 261 Å². The fraction of sp³-hybridized carbons (Fsp3) is 0.583. The molecule has 3 aliphatic heterocycles. The number of hydrogen-bond donors (Lipinski definition) is 3. The van der Waals surface area contributed by atoms with Crippen molar-refractivity contribution < 1.29 is 24.2 Å². The van der Waals surface area contributed by atoms with Crippen molar-refractivity contribution in [2.45, 2.75) is 109 Å². The summed E-state index contributed by atoms with van der Waals surface area (Å²) in [6.07, 6.45) is 2.74. The minimum Gasteiger partial charge on any atom is -0.394 e. The summed E-state index contributed by atoms with van der Waals surface area (Å²) in [5.41, 5.74) is -0.674. The first-order chi connectivity index (χ1) is 20.8. The van der Waals surface area contributed by atoms with E-state index < -0.39 is 40.7 Å². The molecule has 3 aliphatic rings. The molecule has 0 aromatic heterocycles. The molecule has 3 N–H and O–H groups in total. The summed E-state index contributed by atoms with van der Waals surface area (Å²) in [4.78, 5) is 44.8. The lowest BCUT2D eigenvalue weighted by molar-refractivity contribution is -0.151. The van der Waals surface area contributed by atoms with E-state index in [1.54, 1.807) is 4.90 Å². The minimum absolute atomic E-state index is 0.0414. The molecule has 3 heterocycles. The van der Waals surface area contributed by atoms with Crippen LogP contribution in [0.3, 0.4) is 0 Å². The lowest BCUT2D eigenvalue weighted by atomic mass is 9.65. The summed E-state index contributed by atoms with van der Waals surface area (Å²) in [6, 6.07) is 17.7. The van der Waals surface area contributed by atoms with Gasteiger partial charge in [-0.3, -0.25) is 14.4 Å². The Morgan fingerprint density at radius 1 is 0.977 bits per heavy atom. The van der Waals surface area contributed by atoms with E-state index in [0.29, 0.717) is 32.2 Å². The zero-order valence-corrected chi connectivity index (χ0v) is 27.1. The lowest BCUT2D eigenvalue weighted by Crippen LogP contribution is -2.61. The van der Waals surface area contributed by atoms with Crippen molar-refractivity contribution in [3.05, 3.63) is 71.8 Å². The molecule has 0 saturated carbocycles. The van der Waals surface area contributed by atoms with E-state index in [9.17, 15) is 19.5 Å². The van der Waals surface area contributed by atoms with Crippen molar-refractivity contribution in [3.8, 4) is 0 Å². The van der Waals surface area contributed by atoms with Crippen LogP contribution in [0, 0.1) is 17.3 Å². The zero-order chi connectivity index (χ0) is 31.9. The van der Waals surface area contributed by atoms with Gasteiger partial charge in [-0.1, -0.05) is 88.4 Å². The van der Waals surface area contributed by atoms with Crippen molar-refractivity contribution in [3.63, 3.8) is 0 Å². The topological polar surface area (TPSA) is 108 Å². The summed E-state index contributed by atoms with van der Waals surface area (Å²) >= 11 is 0. The van der Waals surface area contributed by atoms with Crippen LogP contribution in [0.2, 0.25) is 0 Å². The second kappa shape index (κ2) is 11.9. The van der Waals surface area contributed by atoms with Crippen LogP contribution in [0.1, 0.15) is 78.4 Å². The fourth-order valence-corrected chi connectivity index (χ4v) is 8.55. The lowest BCUT2D eigenvalue weighted by Gasteiger charge is -2.40. The van der Waals surface area contributed by atoms with E-state index in [2.05, 4.69) is 31.4 Å². The highest BCUT2D eigenvalue weighted by Crippen LogP contribution is 2.64. The van der Waals surface area contributed by atoms with Crippen LogP contribution < -0.4 is 10.6 Å². The van der Waals surface area contributed by atoms with Crippen LogP contribution in [0.15, 0.2) is 60.7 Å². The number of nitrogens with one attached hydrogen (secondary N) is 2. The van der Waals surface area contributed by atoms with Gasteiger partial charge < -0.3 is 25.4 Å². The second-order valence-electron chi connectivity index (χ2n) is 14.9. The first-order valence-corrected chi connectivity index (χ1v) is 16.1. The molecule has 2 aromatic carbocycles. The van der Waals surface area contributed by atoms with E-state index >= 15 is 0 Å². The molecule has 2 bridgehead atoms. The highest BCUT2D eigenvalue weighted by atomic mass is 16.5. The standard InChI is InChI=1S/C36H49N3O5/c1-7-35-18-19-36(44-35)28(27(35)30(41)37-21-25-16-12-9-13-17-25)32(43)39(26(22-40)20-24-14-10-8-11-15-24)29(36)31(42)38-34(5,6)23-33(2,3)4/h8-17,26-29,40H,7,18-23H2,1-6H3,(H,37,41)(H,38,42)/t26-,27+,28+,29?,35-,36?/m1/s1. The van der Waals surface area contributed by atoms with Gasteiger partial charge in [0.1, 0.15) is 11.6 Å². The molecule has 1 spiro atoms. The summed E-state index contributed by atoms with van der Waals surface area (Å²) in [7, 11) is 0. The first kappa shape index (κ1) is 32.2. The molecule has 2 unspecified atom stereocenters. The maximum Gasteiger partial charge on any atom is 0.246 e. The van der Waals surface area contributed by atoms with Crippen LogP contribution in [0.5, 0.6) is 0 Å². The number of nitrogens with zero attached hydrogens (tertiary/aromatic N) is 1. The Morgan fingerprint density at radius 2 is 1.59 bits per heavy atom. The average Bonchev–Trinajstić information content (AvgIpc) is 3.57. The number of carbonyl (C=O) groups excluding carboxylic acids is 3. The number of aliphatic hydroxyl groups excluding tert-OH is 1. The van der Waals surface area contributed by atoms with Gasteiger partial charge in [-0.15, -0.1) is 0 Å². The van der Waals surface area contributed by atoms with Gasteiger partial charge in [0.2, 0.25) is 17.7 Å². The molecule has 0 aliphatic carbocycles. The van der Waals surface area contributed by atoms with Crippen molar-refractivity contribution in [2.75, 3.05) is 6.61 Å². The molecule has 238 valence electrons. The maximum atomic E-state index is 14.7. The maximum absolute atomic E-state index is 14.7. The molecule has 6 atom stereocenters. The number of carbonyl (C=O) groups is 3. The van der Waals surface area contributed by atoms with E-state index in [0.717, 1.165) is 17.5 Å². The Morgan fingerprint density at radius 3 is 2.16 bits per heavy atom. The van der Waals surface area contributed by atoms with Gasteiger partial charge in [-0.05, 0) is 62.5 Å². The summed E-state index contributed by atoms with van der Waals surface area (Å²) in [5, 5.41) is 17.1. The quantitative estimate of drug-likeness (QED) is 0.353. The molecule has 2 aromatic rings. The molecule has 5 rings (SSSR count). The molecule has 3 saturated heterocycles. The Kier molecular flexibility index (Phi) is 8.73. The van der Waals surface area contributed by atoms with E-state index in [1.807, 2.05) is 81.4 Å². The Hall–Kier alpha value is -3.23. The highest BCUT2D eigenvalue weighted by molar-refractivity contribution is 5.99. The Bertz CT molecular complexity index is 1360. The Balaban J connectivity index is 1.53. The van der Waals surface area contributed by atoms with Gasteiger partial charge in [0.05, 0.1) is 30.1 Å². The number of hydrogen-bond acceptors (Lipinski definition) is 5. The van der Waals surface area contributed by atoms with Crippen molar-refractivity contribution in [1.29, 1.82) is 0 Å². The van der Waals surface area contributed by atoms with Crippen LogP contribution >= 0.6 is 0 Å². The monoisotopic (exact) mass is 603 g/mol. The van der Waals surface area contributed by atoms with Crippen LogP contribution in [0.25, 0.3) is 0 Å². The molecule has 8 heteroatoms. The number of fused-ring (bicyclic) bond motifs is 1. The predicted octanol–water partition coefficient (Wildman–Crippen LogP) is 4.39. The largest absolute Gasteiger partial charge is 0.394 e. The zero-order valence-electron chi connectivity index (χ0n) is 27.1. The number of benzene rings is 2. The number of aliphatic hydroxyl groups is 1. The van der Waals surface area contributed by atoms with Crippen molar-refractivity contribution >= 4 is 17.7 Å². The molecular weight excluding hydrogens is 554 g/mol. The molecule has 0 radical (unpaired) electrons. The number of likely N-dealkylation sites (tertiary alicyclic amines) is 1. The molecule has 44 heavy (non-hydrogen) atoms. The first-order valence-electron chi connectivity index (χ1n) is 16.1. The fourth-order valence-electron chi connectivity index (χ4n) is 8.55. The van der Waals surface area contributed by atoms with Crippen molar-refractivity contribution in [2.24, 2.45) is 17.3 Å². The van der Waals surface area contributed by atoms with E-state index in [1.165, 1.54) is 0 Å². The third kappa shape index (κ3) is 5.91. The molecule has 8 nitrogen and oxygen atoms in total. The van der Waals surface area contributed by atoms with Gasteiger partial charge in [0.15, 0.2) is 0 Å². The van der Waals surface area contributed by atoms with Crippen LogP contribution in [0.4, 0.5) is 0 Å². The number of ether oxygens (including phenoxy) is 1. The molecule has 3 fully saturated rings. The summed E-state index contributed by atoms with van der Waals surface area (Å²) in [5.74, 6) is -2.37. The third-order valence-corrected chi connectivity index (χ3v) is 9.81. The smallest absolute Gasteiger partial charge is 0.246 e. The van der Waals surface area contributed by atoms with Gasteiger partial charge in [0.25, 0.3) is 0 Å².